The number of benzene rings is 1. The van der Waals surface area contributed by atoms with Crippen LogP contribution >= 0.6 is 15.9 Å². The minimum absolute atomic E-state index is 0.0750. The summed E-state index contributed by atoms with van der Waals surface area (Å²) in [4.78, 5) is 25.1. The summed E-state index contributed by atoms with van der Waals surface area (Å²) in [5.74, 6) is 0.160. The third-order valence-electron chi connectivity index (χ3n) is 3.15. The van der Waals surface area contributed by atoms with Crippen LogP contribution in [-0.2, 0) is 4.79 Å². The molecule has 1 aromatic rings. The van der Waals surface area contributed by atoms with Gasteiger partial charge in [-0.25, -0.2) is 0 Å². The number of hydrogen-bond donors (Lipinski definition) is 1. The van der Waals surface area contributed by atoms with Crippen molar-refractivity contribution in [1.82, 2.24) is 10.2 Å². The van der Waals surface area contributed by atoms with Gasteiger partial charge >= 0.3 is 0 Å². The topological polar surface area (TPSA) is 49.4 Å². The van der Waals surface area contributed by atoms with Gasteiger partial charge < -0.3 is 10.2 Å². The van der Waals surface area contributed by atoms with E-state index in [1.807, 2.05) is 17.0 Å². The normalized spacial score (nSPS) is 14.8. The summed E-state index contributed by atoms with van der Waals surface area (Å²) in [6.45, 7) is 2.19. The van der Waals surface area contributed by atoms with Gasteiger partial charge in [0.15, 0.2) is 0 Å². The van der Waals surface area contributed by atoms with Crippen LogP contribution in [0.5, 0.6) is 0 Å². The van der Waals surface area contributed by atoms with Crippen molar-refractivity contribution in [3.8, 4) is 0 Å². The van der Waals surface area contributed by atoms with Crippen LogP contribution in [0.4, 0.5) is 0 Å². The van der Waals surface area contributed by atoms with Crippen LogP contribution < -0.4 is 5.32 Å². The first-order valence-corrected chi connectivity index (χ1v) is 7.27. The van der Waals surface area contributed by atoms with E-state index in [0.29, 0.717) is 18.5 Å². The van der Waals surface area contributed by atoms with Crippen molar-refractivity contribution in [2.24, 2.45) is 0 Å². The molecule has 0 bridgehead atoms. The van der Waals surface area contributed by atoms with Gasteiger partial charge in [0.25, 0.3) is 5.91 Å². The highest BCUT2D eigenvalue weighted by molar-refractivity contribution is 9.10. The lowest BCUT2D eigenvalue weighted by Gasteiger charge is -2.15. The Morgan fingerprint density at radius 3 is 2.95 bits per heavy atom. The van der Waals surface area contributed by atoms with E-state index in [2.05, 4.69) is 21.2 Å². The largest absolute Gasteiger partial charge is 0.352 e. The Morgan fingerprint density at radius 2 is 2.26 bits per heavy atom. The van der Waals surface area contributed by atoms with Crippen molar-refractivity contribution in [2.45, 2.75) is 19.3 Å². The van der Waals surface area contributed by atoms with Crippen LogP contribution in [0.15, 0.2) is 28.7 Å². The van der Waals surface area contributed by atoms with Crippen molar-refractivity contribution < 1.29 is 9.59 Å². The Morgan fingerprint density at radius 1 is 1.42 bits per heavy atom. The van der Waals surface area contributed by atoms with Crippen LogP contribution in [-0.4, -0.2) is 36.3 Å². The van der Waals surface area contributed by atoms with Gasteiger partial charge in [0.2, 0.25) is 5.91 Å². The smallest absolute Gasteiger partial charge is 0.251 e. The summed E-state index contributed by atoms with van der Waals surface area (Å²) in [5.41, 5.74) is 0.645. The molecule has 1 fully saturated rings. The summed E-state index contributed by atoms with van der Waals surface area (Å²) in [5, 5.41) is 2.87. The van der Waals surface area contributed by atoms with Crippen molar-refractivity contribution >= 4 is 27.7 Å². The van der Waals surface area contributed by atoms with E-state index in [1.54, 1.807) is 12.1 Å². The minimum Gasteiger partial charge on any atom is -0.352 e. The maximum Gasteiger partial charge on any atom is 0.251 e. The second-order valence-corrected chi connectivity index (χ2v) is 5.52. The minimum atomic E-state index is -0.0750. The predicted molar refractivity (Wildman–Crippen MR) is 76.9 cm³/mol. The summed E-state index contributed by atoms with van der Waals surface area (Å²) < 4.78 is 0.891. The summed E-state index contributed by atoms with van der Waals surface area (Å²) in [7, 11) is 0. The summed E-state index contributed by atoms with van der Waals surface area (Å²) >= 11 is 3.34. The Labute approximate surface area is 121 Å². The molecule has 0 radical (unpaired) electrons. The van der Waals surface area contributed by atoms with E-state index >= 15 is 0 Å². The number of nitrogens with zero attached hydrogens (tertiary/aromatic N) is 1. The molecule has 1 aromatic carbocycles. The van der Waals surface area contributed by atoms with Gasteiger partial charge in [0, 0.05) is 36.1 Å². The Balaban J connectivity index is 1.71. The lowest BCUT2D eigenvalue weighted by atomic mass is 10.2. The van der Waals surface area contributed by atoms with Gasteiger partial charge in [-0.05, 0) is 31.0 Å². The molecule has 1 aliphatic rings. The number of carbonyl (C=O) groups is 2. The second-order valence-electron chi connectivity index (χ2n) is 4.60. The number of carbonyl (C=O) groups excluding carboxylic acids is 2. The molecule has 0 saturated carbocycles. The third-order valence-corrected chi connectivity index (χ3v) is 3.64. The number of hydrogen-bond acceptors (Lipinski definition) is 2. The molecule has 1 saturated heterocycles. The molecule has 1 N–H and O–H groups in total. The molecule has 0 unspecified atom stereocenters. The predicted octanol–water partition coefficient (Wildman–Crippen LogP) is 2.19. The molecule has 2 rings (SSSR count). The first-order chi connectivity index (χ1) is 9.16. The zero-order valence-electron chi connectivity index (χ0n) is 10.7. The average Bonchev–Trinajstić information content (AvgIpc) is 2.80. The van der Waals surface area contributed by atoms with Gasteiger partial charge in [-0.1, -0.05) is 22.0 Å². The molecule has 0 atom stereocenters. The molecule has 0 spiro atoms. The highest BCUT2D eigenvalue weighted by Crippen LogP contribution is 2.12. The van der Waals surface area contributed by atoms with Crippen molar-refractivity contribution in [2.75, 3.05) is 19.6 Å². The molecule has 19 heavy (non-hydrogen) atoms. The van der Waals surface area contributed by atoms with E-state index in [0.717, 1.165) is 30.4 Å². The number of nitrogens with one attached hydrogen (secondary N) is 1. The lowest BCUT2D eigenvalue weighted by Crippen LogP contribution is -2.30. The highest BCUT2D eigenvalue weighted by Gasteiger charge is 2.19. The van der Waals surface area contributed by atoms with E-state index in [4.69, 9.17) is 0 Å². The van der Waals surface area contributed by atoms with Crippen LogP contribution in [0.3, 0.4) is 0 Å². The fourth-order valence-corrected chi connectivity index (χ4v) is 2.54. The molecule has 0 aliphatic carbocycles. The monoisotopic (exact) mass is 324 g/mol. The van der Waals surface area contributed by atoms with E-state index in [-0.39, 0.29) is 11.8 Å². The Bertz CT molecular complexity index is 476. The number of rotatable bonds is 5. The first kappa shape index (κ1) is 14.1. The highest BCUT2D eigenvalue weighted by atomic mass is 79.9. The molecule has 5 heteroatoms. The Kier molecular flexibility index (Phi) is 4.96. The molecule has 4 nitrogen and oxygen atoms in total. The maximum atomic E-state index is 11.8. The SMILES string of the molecule is O=C(NCCCN1CCCC1=O)c1cccc(Br)c1. The number of halogens is 1. The maximum absolute atomic E-state index is 11.8. The lowest BCUT2D eigenvalue weighted by molar-refractivity contribution is -0.127. The zero-order chi connectivity index (χ0) is 13.7. The van der Waals surface area contributed by atoms with Crippen LogP contribution in [0, 0.1) is 0 Å². The second kappa shape index (κ2) is 6.70. The fourth-order valence-electron chi connectivity index (χ4n) is 2.14. The van der Waals surface area contributed by atoms with E-state index in [9.17, 15) is 9.59 Å². The molecular weight excluding hydrogens is 308 g/mol. The fraction of sp³-hybridized carbons (Fsp3) is 0.429. The molecule has 0 aromatic heterocycles. The van der Waals surface area contributed by atoms with Crippen LogP contribution in [0.1, 0.15) is 29.6 Å². The quantitative estimate of drug-likeness (QED) is 0.844. The van der Waals surface area contributed by atoms with Crippen LogP contribution in [0.25, 0.3) is 0 Å². The average molecular weight is 325 g/mol. The summed E-state index contributed by atoms with van der Waals surface area (Å²) in [6, 6.07) is 7.29. The van der Waals surface area contributed by atoms with Gasteiger partial charge in [-0.3, -0.25) is 9.59 Å². The molecule has 1 aliphatic heterocycles. The number of likely N-dealkylation sites (tertiary alicyclic amines) is 1. The molecule has 2 amide bonds. The van der Waals surface area contributed by atoms with Crippen LogP contribution in [0.2, 0.25) is 0 Å². The first-order valence-electron chi connectivity index (χ1n) is 6.48. The van der Waals surface area contributed by atoms with Crippen molar-refractivity contribution in [3.05, 3.63) is 34.3 Å². The van der Waals surface area contributed by atoms with E-state index in [1.165, 1.54) is 0 Å². The summed E-state index contributed by atoms with van der Waals surface area (Å²) in [6.07, 6.45) is 2.43. The molecule has 102 valence electrons. The number of amides is 2. The van der Waals surface area contributed by atoms with Gasteiger partial charge in [-0.15, -0.1) is 0 Å². The van der Waals surface area contributed by atoms with E-state index < -0.39 is 0 Å². The molecule has 1 heterocycles. The van der Waals surface area contributed by atoms with Crippen molar-refractivity contribution in [3.63, 3.8) is 0 Å². The van der Waals surface area contributed by atoms with Gasteiger partial charge in [-0.2, -0.15) is 0 Å². The van der Waals surface area contributed by atoms with Crippen molar-refractivity contribution in [1.29, 1.82) is 0 Å². The molecular formula is C14H17BrN2O2. The van der Waals surface area contributed by atoms with Gasteiger partial charge in [0.1, 0.15) is 0 Å². The Hall–Kier alpha value is -1.36. The third kappa shape index (κ3) is 4.06. The zero-order valence-corrected chi connectivity index (χ0v) is 12.3. The standard InChI is InChI=1S/C14H17BrN2O2/c15-12-5-1-4-11(10-12)14(19)16-7-3-9-17-8-2-6-13(17)18/h1,4-5,10H,2-3,6-9H2,(H,16,19). The van der Waals surface area contributed by atoms with Gasteiger partial charge in [0.05, 0.1) is 0 Å².